The van der Waals surface area contributed by atoms with Crippen LogP contribution in [0.1, 0.15) is 13.3 Å². The lowest BCUT2D eigenvalue weighted by atomic mass is 10.3. The molecule has 0 aliphatic carbocycles. The van der Waals surface area contributed by atoms with Crippen LogP contribution >= 0.6 is 0 Å². The smallest absolute Gasteiger partial charge is 0.396 e. The molecule has 0 aromatic rings. The summed E-state index contributed by atoms with van der Waals surface area (Å²) in [4.78, 5) is 20.7. The molecule has 0 rings (SSSR count). The molecule has 0 aromatic carbocycles. The van der Waals surface area contributed by atoms with Gasteiger partial charge in [0.1, 0.15) is 6.42 Å². The summed E-state index contributed by atoms with van der Waals surface area (Å²) >= 11 is 0. The van der Waals surface area contributed by atoms with E-state index in [-0.39, 0.29) is 6.61 Å². The zero-order valence-corrected chi connectivity index (χ0v) is 6.27. The van der Waals surface area contributed by atoms with E-state index in [1.807, 2.05) is 0 Å². The summed E-state index contributed by atoms with van der Waals surface area (Å²) in [6, 6.07) is 0. The molecule has 0 unspecified atom stereocenters. The highest BCUT2D eigenvalue weighted by atomic mass is 19.4. The molecule has 0 heterocycles. The van der Waals surface area contributed by atoms with Crippen molar-refractivity contribution in [3.63, 3.8) is 0 Å². The number of ketones is 1. The molecule has 3 nitrogen and oxygen atoms in total. The molecule has 0 aliphatic heterocycles. The Morgan fingerprint density at radius 2 is 1.83 bits per heavy atom. The fraction of sp³-hybridized carbons (Fsp3) is 0.667. The second kappa shape index (κ2) is 4.08. The number of ether oxygens (including phenoxy) is 1. The van der Waals surface area contributed by atoms with Crippen LogP contribution in [0.15, 0.2) is 0 Å². The van der Waals surface area contributed by atoms with Crippen LogP contribution in [0.25, 0.3) is 0 Å². The summed E-state index contributed by atoms with van der Waals surface area (Å²) in [7, 11) is 0. The maximum absolute atomic E-state index is 11.5. The molecule has 6 heteroatoms. The van der Waals surface area contributed by atoms with Crippen molar-refractivity contribution in [2.24, 2.45) is 0 Å². The Morgan fingerprint density at radius 1 is 1.33 bits per heavy atom. The van der Waals surface area contributed by atoms with Crippen LogP contribution in [0.4, 0.5) is 13.2 Å². The van der Waals surface area contributed by atoms with Gasteiger partial charge in [-0.25, -0.2) is 4.79 Å². The van der Waals surface area contributed by atoms with Crippen LogP contribution in [-0.2, 0) is 14.3 Å². The molecule has 0 saturated heterocycles. The summed E-state index contributed by atoms with van der Waals surface area (Å²) in [5.74, 6) is -3.00. The first-order valence-corrected chi connectivity index (χ1v) is 3.13. The summed E-state index contributed by atoms with van der Waals surface area (Å²) in [6.07, 6.45) is -6.41. The number of carbonyl (C=O) groups is 2. The Kier molecular flexibility index (Phi) is 3.72. The van der Waals surface area contributed by atoms with E-state index in [1.54, 1.807) is 0 Å². The number of hydrogen-bond acceptors (Lipinski definition) is 3. The molecule has 0 fully saturated rings. The summed E-state index contributed by atoms with van der Waals surface area (Å²) in [5.41, 5.74) is 0. The van der Waals surface area contributed by atoms with Gasteiger partial charge in [0.05, 0.1) is 6.61 Å². The quantitative estimate of drug-likeness (QED) is 0.486. The molecule has 0 amide bonds. The zero-order chi connectivity index (χ0) is 9.78. The molecule has 0 atom stereocenters. The number of rotatable bonds is 3. The van der Waals surface area contributed by atoms with Gasteiger partial charge in [-0.05, 0) is 6.92 Å². The van der Waals surface area contributed by atoms with Gasteiger partial charge in [0.25, 0.3) is 0 Å². The van der Waals surface area contributed by atoms with Gasteiger partial charge in [0.15, 0.2) is 0 Å². The third-order valence-corrected chi connectivity index (χ3v) is 0.864. The van der Waals surface area contributed by atoms with Crippen molar-refractivity contribution in [2.75, 3.05) is 6.61 Å². The third-order valence-electron chi connectivity index (χ3n) is 0.864. The highest BCUT2D eigenvalue weighted by Crippen LogP contribution is 2.19. The van der Waals surface area contributed by atoms with E-state index in [4.69, 9.17) is 0 Å². The largest absolute Gasteiger partial charge is 0.460 e. The molecule has 12 heavy (non-hydrogen) atoms. The fourth-order valence-electron chi connectivity index (χ4n) is 0.466. The van der Waals surface area contributed by atoms with Crippen LogP contribution in [0.5, 0.6) is 0 Å². The second-order valence-corrected chi connectivity index (χ2v) is 1.94. The number of alkyl halides is 3. The van der Waals surface area contributed by atoms with Gasteiger partial charge >= 0.3 is 12.1 Å². The zero-order valence-electron chi connectivity index (χ0n) is 6.27. The predicted molar refractivity (Wildman–Crippen MR) is 32.3 cm³/mol. The summed E-state index contributed by atoms with van der Waals surface area (Å²) in [5, 5.41) is 0. The molecule has 0 N–H and O–H groups in total. The Morgan fingerprint density at radius 3 is 2.17 bits per heavy atom. The molecule has 0 aliphatic rings. The standard InChI is InChI=1S/C6H7F3O3/c1-2-12-5(11)4(10)3-6(7,8)9/h2-3H2,1H3. The molecule has 0 spiro atoms. The van der Waals surface area contributed by atoms with E-state index in [2.05, 4.69) is 4.74 Å². The monoisotopic (exact) mass is 184 g/mol. The number of carbonyl (C=O) groups excluding carboxylic acids is 2. The fourth-order valence-corrected chi connectivity index (χ4v) is 0.466. The van der Waals surface area contributed by atoms with Gasteiger partial charge in [0.2, 0.25) is 5.78 Å². The van der Waals surface area contributed by atoms with Gasteiger partial charge in [0, 0.05) is 0 Å². The molecule has 0 saturated carbocycles. The first-order valence-electron chi connectivity index (χ1n) is 3.13. The molecule has 70 valence electrons. The minimum absolute atomic E-state index is 0.109. The van der Waals surface area contributed by atoms with E-state index in [0.717, 1.165) is 0 Å². The normalized spacial score (nSPS) is 11.0. The van der Waals surface area contributed by atoms with Gasteiger partial charge in [-0.15, -0.1) is 0 Å². The third kappa shape index (κ3) is 4.70. The van der Waals surface area contributed by atoms with Crippen molar-refractivity contribution in [2.45, 2.75) is 19.5 Å². The van der Waals surface area contributed by atoms with Crippen LogP contribution in [0, 0.1) is 0 Å². The molecule has 0 aromatic heterocycles. The van der Waals surface area contributed by atoms with E-state index in [1.165, 1.54) is 6.92 Å². The highest BCUT2D eigenvalue weighted by molar-refractivity contribution is 6.33. The highest BCUT2D eigenvalue weighted by Gasteiger charge is 2.34. The molecular formula is C6H7F3O3. The predicted octanol–water partition coefficient (Wildman–Crippen LogP) is 1.07. The number of esters is 1. The number of Topliss-reactive ketones (excluding diaryl/α,β-unsaturated/α-hetero) is 1. The van der Waals surface area contributed by atoms with Crippen molar-refractivity contribution in [3.05, 3.63) is 0 Å². The average Bonchev–Trinajstić information content (AvgIpc) is 1.84. The van der Waals surface area contributed by atoms with E-state index in [9.17, 15) is 22.8 Å². The van der Waals surface area contributed by atoms with Crippen molar-refractivity contribution < 1.29 is 27.5 Å². The number of hydrogen-bond donors (Lipinski definition) is 0. The van der Waals surface area contributed by atoms with Gasteiger partial charge < -0.3 is 4.74 Å². The summed E-state index contributed by atoms with van der Waals surface area (Å²) in [6.45, 7) is 1.29. The van der Waals surface area contributed by atoms with Crippen molar-refractivity contribution in [1.82, 2.24) is 0 Å². The Bertz CT molecular complexity index is 185. The van der Waals surface area contributed by atoms with E-state index in [0.29, 0.717) is 0 Å². The lowest BCUT2D eigenvalue weighted by molar-refractivity contribution is -0.167. The van der Waals surface area contributed by atoms with Crippen molar-refractivity contribution in [3.8, 4) is 0 Å². The lowest BCUT2D eigenvalue weighted by Gasteiger charge is -2.03. The maximum atomic E-state index is 11.5. The van der Waals surface area contributed by atoms with Gasteiger partial charge in [-0.2, -0.15) is 13.2 Å². The average molecular weight is 184 g/mol. The van der Waals surface area contributed by atoms with Gasteiger partial charge in [-0.1, -0.05) is 0 Å². The first kappa shape index (κ1) is 10.9. The minimum Gasteiger partial charge on any atom is -0.460 e. The van der Waals surface area contributed by atoms with Crippen LogP contribution in [0.3, 0.4) is 0 Å². The Balaban J connectivity index is 3.97. The van der Waals surface area contributed by atoms with E-state index >= 15 is 0 Å². The van der Waals surface area contributed by atoms with E-state index < -0.39 is 24.3 Å². The minimum atomic E-state index is -4.65. The molecular weight excluding hydrogens is 177 g/mol. The number of halogens is 3. The van der Waals surface area contributed by atoms with Crippen LogP contribution < -0.4 is 0 Å². The molecule has 0 bridgehead atoms. The maximum Gasteiger partial charge on any atom is 0.396 e. The van der Waals surface area contributed by atoms with Crippen LogP contribution in [0.2, 0.25) is 0 Å². The lowest BCUT2D eigenvalue weighted by Crippen LogP contribution is -2.24. The van der Waals surface area contributed by atoms with Crippen LogP contribution in [-0.4, -0.2) is 24.5 Å². The van der Waals surface area contributed by atoms with Crippen molar-refractivity contribution >= 4 is 11.8 Å². The SMILES string of the molecule is CCOC(=O)C(=O)CC(F)(F)F. The Labute approximate surface area is 66.5 Å². The Hall–Kier alpha value is -1.07. The second-order valence-electron chi connectivity index (χ2n) is 1.94. The topological polar surface area (TPSA) is 43.4 Å². The van der Waals surface area contributed by atoms with Crippen molar-refractivity contribution in [1.29, 1.82) is 0 Å². The summed E-state index contributed by atoms with van der Waals surface area (Å²) < 4.78 is 38.5. The van der Waals surface area contributed by atoms with Gasteiger partial charge in [-0.3, -0.25) is 4.79 Å². The molecule has 0 radical (unpaired) electrons. The first-order chi connectivity index (χ1) is 5.37.